The lowest BCUT2D eigenvalue weighted by Gasteiger charge is -2.12. The molecular weight excluding hydrogens is 390 g/mol. The van der Waals surface area contributed by atoms with Crippen molar-refractivity contribution in [3.05, 3.63) is 114 Å². The number of aromatic nitrogens is 2. The van der Waals surface area contributed by atoms with E-state index in [2.05, 4.69) is 22.4 Å². The van der Waals surface area contributed by atoms with Crippen molar-refractivity contribution >= 4 is 17.6 Å². The van der Waals surface area contributed by atoms with Gasteiger partial charge in [-0.05, 0) is 54.3 Å². The number of pyridine rings is 1. The fourth-order valence-electron chi connectivity index (χ4n) is 3.36. The first-order chi connectivity index (χ1) is 15.1. The Bertz CT molecular complexity index is 1200. The van der Waals surface area contributed by atoms with E-state index in [0.717, 1.165) is 24.1 Å². The van der Waals surface area contributed by atoms with E-state index in [1.54, 1.807) is 24.4 Å². The molecule has 0 saturated carbocycles. The number of carbonyl (C=O) groups is 2. The van der Waals surface area contributed by atoms with Crippen molar-refractivity contribution in [3.63, 3.8) is 0 Å². The molecule has 0 saturated heterocycles. The number of nitrogens with one attached hydrogen (secondary N) is 1. The maximum absolute atomic E-state index is 12.8. The Labute approximate surface area is 179 Å². The van der Waals surface area contributed by atoms with Crippen LogP contribution < -0.4 is 5.32 Å². The molecule has 4 rings (SSSR count). The van der Waals surface area contributed by atoms with Gasteiger partial charge in [-0.15, -0.1) is 0 Å². The van der Waals surface area contributed by atoms with Crippen LogP contribution in [0.2, 0.25) is 0 Å². The molecule has 0 aliphatic rings. The highest BCUT2D eigenvalue weighted by Gasteiger charge is 2.15. The van der Waals surface area contributed by atoms with E-state index in [9.17, 15) is 14.7 Å². The number of carboxylic acids is 1. The predicted octanol–water partition coefficient (Wildman–Crippen LogP) is 4.61. The average Bonchev–Trinajstić information content (AvgIpc) is 3.33. The number of carbonyl (C=O) groups excluding carboxylic acids is 1. The van der Waals surface area contributed by atoms with Crippen LogP contribution in [0.15, 0.2) is 91.5 Å². The number of aromatic carboxylic acids is 1. The first-order valence-electron chi connectivity index (χ1n) is 9.90. The fraction of sp³-hybridized carbons (Fsp3) is 0.0800. The minimum absolute atomic E-state index is 0.0475. The highest BCUT2D eigenvalue weighted by molar-refractivity contribution is 6.07. The van der Waals surface area contributed by atoms with Gasteiger partial charge in [0.15, 0.2) is 0 Å². The molecule has 0 unspecified atom stereocenters. The molecule has 0 bridgehead atoms. The zero-order valence-corrected chi connectivity index (χ0v) is 16.7. The third kappa shape index (κ3) is 4.87. The van der Waals surface area contributed by atoms with Crippen LogP contribution in [0, 0.1) is 0 Å². The van der Waals surface area contributed by atoms with Gasteiger partial charge in [0.25, 0.3) is 5.91 Å². The summed E-state index contributed by atoms with van der Waals surface area (Å²) < 4.78 is 1.84. The van der Waals surface area contributed by atoms with Crippen LogP contribution >= 0.6 is 0 Å². The molecule has 2 aromatic heterocycles. The summed E-state index contributed by atoms with van der Waals surface area (Å²) in [6, 6.07) is 20.6. The molecule has 0 aliphatic heterocycles. The number of aryl methyl sites for hydroxylation is 2. The van der Waals surface area contributed by atoms with Gasteiger partial charge >= 0.3 is 5.97 Å². The molecule has 6 heteroatoms. The van der Waals surface area contributed by atoms with Gasteiger partial charge in [-0.1, -0.05) is 36.4 Å². The molecule has 4 aromatic rings. The van der Waals surface area contributed by atoms with E-state index in [1.165, 1.54) is 17.8 Å². The van der Waals surface area contributed by atoms with Gasteiger partial charge in [0.2, 0.25) is 0 Å². The van der Waals surface area contributed by atoms with Crippen molar-refractivity contribution in [1.82, 2.24) is 9.55 Å². The number of benzene rings is 2. The molecule has 6 nitrogen and oxygen atoms in total. The quantitative estimate of drug-likeness (QED) is 0.465. The second-order valence-electron chi connectivity index (χ2n) is 7.15. The van der Waals surface area contributed by atoms with Crippen molar-refractivity contribution in [3.8, 4) is 5.69 Å². The molecular formula is C25H21N3O3. The Hall–Kier alpha value is -4.19. The normalized spacial score (nSPS) is 10.6. The van der Waals surface area contributed by atoms with Crippen molar-refractivity contribution in [2.24, 2.45) is 0 Å². The molecule has 1 amide bonds. The zero-order valence-electron chi connectivity index (χ0n) is 16.7. The summed E-state index contributed by atoms with van der Waals surface area (Å²) in [6.07, 6.45) is 8.39. The lowest BCUT2D eigenvalue weighted by molar-refractivity contribution is 0.0698. The maximum Gasteiger partial charge on any atom is 0.337 e. The molecule has 0 fully saturated rings. The molecule has 2 N–H and O–H groups in total. The Balaban J connectivity index is 1.55. The summed E-state index contributed by atoms with van der Waals surface area (Å²) in [5.74, 6) is -1.51. The highest BCUT2D eigenvalue weighted by Crippen LogP contribution is 2.21. The summed E-state index contributed by atoms with van der Waals surface area (Å²) in [4.78, 5) is 28.7. The number of rotatable bonds is 7. The Morgan fingerprint density at radius 3 is 2.35 bits per heavy atom. The summed E-state index contributed by atoms with van der Waals surface area (Å²) >= 11 is 0. The maximum atomic E-state index is 12.8. The van der Waals surface area contributed by atoms with Crippen LogP contribution in [0.5, 0.6) is 0 Å². The van der Waals surface area contributed by atoms with E-state index in [0.29, 0.717) is 5.56 Å². The van der Waals surface area contributed by atoms with E-state index < -0.39 is 11.9 Å². The second kappa shape index (κ2) is 9.09. The first kappa shape index (κ1) is 20.1. The Morgan fingerprint density at radius 1 is 0.871 bits per heavy atom. The number of anilines is 1. The molecule has 154 valence electrons. The highest BCUT2D eigenvalue weighted by atomic mass is 16.4. The number of carboxylic acid groups (broad SMARTS) is 1. The van der Waals surface area contributed by atoms with Crippen molar-refractivity contribution in [2.45, 2.75) is 12.8 Å². The lowest BCUT2D eigenvalue weighted by Crippen LogP contribution is -2.16. The van der Waals surface area contributed by atoms with E-state index in [4.69, 9.17) is 0 Å². The minimum atomic E-state index is -1.09. The fourth-order valence-corrected chi connectivity index (χ4v) is 3.36. The largest absolute Gasteiger partial charge is 0.478 e. The smallest absolute Gasteiger partial charge is 0.337 e. The Morgan fingerprint density at radius 2 is 1.61 bits per heavy atom. The average molecular weight is 411 g/mol. The van der Waals surface area contributed by atoms with Gasteiger partial charge in [-0.3, -0.25) is 9.78 Å². The van der Waals surface area contributed by atoms with Crippen molar-refractivity contribution < 1.29 is 14.7 Å². The van der Waals surface area contributed by atoms with Crippen molar-refractivity contribution in [2.75, 3.05) is 5.32 Å². The third-order valence-electron chi connectivity index (χ3n) is 5.00. The van der Waals surface area contributed by atoms with Gasteiger partial charge in [0, 0.05) is 18.6 Å². The number of amides is 1. The molecule has 0 radical (unpaired) electrons. The number of hydrogen-bond donors (Lipinski definition) is 2. The van der Waals surface area contributed by atoms with E-state index in [-0.39, 0.29) is 11.3 Å². The molecule has 31 heavy (non-hydrogen) atoms. The lowest BCUT2D eigenvalue weighted by atomic mass is 10.0. The minimum Gasteiger partial charge on any atom is -0.478 e. The number of hydrogen-bond acceptors (Lipinski definition) is 3. The molecule has 0 spiro atoms. The monoisotopic (exact) mass is 411 g/mol. The van der Waals surface area contributed by atoms with Crippen LogP contribution in [0.3, 0.4) is 0 Å². The third-order valence-corrected chi connectivity index (χ3v) is 5.00. The van der Waals surface area contributed by atoms with Crippen molar-refractivity contribution in [1.29, 1.82) is 0 Å². The standard InChI is InChI=1S/C25H21N3O3/c29-24(20-15-21(17-26-16-20)28-12-4-5-13-28)27-23-14-19(10-11-22(23)25(30)31)9-8-18-6-2-1-3-7-18/h1-7,10-17H,8-9H2,(H,27,29)(H,30,31). The summed E-state index contributed by atoms with van der Waals surface area (Å²) in [6.45, 7) is 0. The van der Waals surface area contributed by atoms with Gasteiger partial charge in [0.05, 0.1) is 28.7 Å². The van der Waals surface area contributed by atoms with Crippen LogP contribution in [-0.2, 0) is 12.8 Å². The topological polar surface area (TPSA) is 84.2 Å². The molecule has 2 aromatic carbocycles. The van der Waals surface area contributed by atoms with Gasteiger partial charge in [0.1, 0.15) is 0 Å². The van der Waals surface area contributed by atoms with Gasteiger partial charge in [-0.25, -0.2) is 4.79 Å². The molecule has 0 aliphatic carbocycles. The van der Waals surface area contributed by atoms with E-state index >= 15 is 0 Å². The zero-order chi connectivity index (χ0) is 21.6. The predicted molar refractivity (Wildman–Crippen MR) is 119 cm³/mol. The SMILES string of the molecule is O=C(Nc1cc(CCc2ccccc2)ccc1C(=O)O)c1cncc(-n2cccc2)c1. The summed E-state index contributed by atoms with van der Waals surface area (Å²) in [7, 11) is 0. The summed E-state index contributed by atoms with van der Waals surface area (Å²) in [5.41, 5.74) is 3.55. The summed E-state index contributed by atoms with van der Waals surface area (Å²) in [5, 5.41) is 12.3. The van der Waals surface area contributed by atoms with Crippen LogP contribution in [0.4, 0.5) is 5.69 Å². The Kier molecular flexibility index (Phi) is 5.89. The van der Waals surface area contributed by atoms with Gasteiger partial charge < -0.3 is 15.0 Å². The molecule has 2 heterocycles. The first-order valence-corrected chi connectivity index (χ1v) is 9.90. The van der Waals surface area contributed by atoms with Crippen LogP contribution in [0.1, 0.15) is 31.8 Å². The number of nitrogens with zero attached hydrogens (tertiary/aromatic N) is 2. The van der Waals surface area contributed by atoms with Gasteiger partial charge in [-0.2, -0.15) is 0 Å². The second-order valence-corrected chi connectivity index (χ2v) is 7.15. The molecule has 0 atom stereocenters. The van der Waals surface area contributed by atoms with E-state index in [1.807, 2.05) is 47.3 Å². The van der Waals surface area contributed by atoms with Crippen LogP contribution in [0.25, 0.3) is 5.69 Å². The van der Waals surface area contributed by atoms with Crippen LogP contribution in [-0.4, -0.2) is 26.5 Å².